The Balaban J connectivity index is 1.28. The standard InChI is InChI=1S/C21H24ClFN6O2/c1-12-8-27-6-2-3-14(27)9-28(12)21(31)29-10-15(18(29)11-29)19(26-24)25-20(30)13-4-5-17(23)16(22)7-13/h4-5,7,12,14H,2-3,6,8-11,24H2,1H3/p+1. The topological polar surface area (TPSA) is 91.0 Å². The van der Waals surface area contributed by atoms with Crippen LogP contribution in [-0.4, -0.2) is 76.9 Å². The molecule has 4 aliphatic rings. The zero-order valence-corrected chi connectivity index (χ0v) is 18.0. The summed E-state index contributed by atoms with van der Waals surface area (Å²) >= 11 is 5.76. The van der Waals surface area contributed by atoms with E-state index in [9.17, 15) is 14.0 Å². The summed E-state index contributed by atoms with van der Waals surface area (Å²) in [5.41, 5.74) is 1.95. The fourth-order valence-corrected chi connectivity index (χ4v) is 5.34. The average molecular weight is 448 g/mol. The zero-order valence-electron chi connectivity index (χ0n) is 17.3. The Hall–Kier alpha value is -2.49. The Morgan fingerprint density at radius 3 is 2.84 bits per heavy atom. The van der Waals surface area contributed by atoms with Gasteiger partial charge < -0.3 is 11.2 Å². The first kappa shape index (κ1) is 20.4. The second kappa shape index (κ2) is 7.29. The molecule has 0 radical (unpaired) electrons. The fourth-order valence-electron chi connectivity index (χ4n) is 5.16. The number of nitrogens with zero attached hydrogens (tertiary/aromatic N) is 4. The number of carbonyl (C=O) groups excluding carboxylic acids is 2. The molecule has 1 aromatic rings. The van der Waals surface area contributed by atoms with Crippen molar-refractivity contribution in [2.75, 3.05) is 32.7 Å². The Bertz CT molecular complexity index is 1040. The fraction of sp³-hybridized carbons (Fsp3) is 0.476. The molecule has 0 aliphatic carbocycles. The maximum Gasteiger partial charge on any atom is 0.425 e. The number of fused-ring (bicyclic) bond motifs is 2. The van der Waals surface area contributed by atoms with Gasteiger partial charge in [-0.1, -0.05) is 11.6 Å². The van der Waals surface area contributed by atoms with Crippen molar-refractivity contribution in [3.8, 4) is 0 Å². The number of amides is 3. The molecule has 5 rings (SSSR count). The lowest BCUT2D eigenvalue weighted by molar-refractivity contribution is -0.706. The first-order valence-electron chi connectivity index (χ1n) is 10.5. The van der Waals surface area contributed by atoms with Crippen molar-refractivity contribution >= 4 is 29.4 Å². The predicted molar refractivity (Wildman–Crippen MR) is 114 cm³/mol. The van der Waals surface area contributed by atoms with Crippen molar-refractivity contribution in [1.29, 1.82) is 0 Å². The normalized spacial score (nSPS) is 29.9. The van der Waals surface area contributed by atoms with E-state index in [-0.39, 0.29) is 28.5 Å². The first-order chi connectivity index (χ1) is 14.8. The Morgan fingerprint density at radius 2 is 2.13 bits per heavy atom. The molecular formula is C21H25ClFN6O2+. The summed E-state index contributed by atoms with van der Waals surface area (Å²) < 4.78 is 13.7. The van der Waals surface area contributed by atoms with Crippen LogP contribution >= 0.6 is 11.6 Å². The second-order valence-electron chi connectivity index (χ2n) is 8.85. The Labute approximate surface area is 184 Å². The van der Waals surface area contributed by atoms with Gasteiger partial charge >= 0.3 is 6.03 Å². The minimum atomic E-state index is -0.596. The van der Waals surface area contributed by atoms with E-state index in [1.807, 2.05) is 4.90 Å². The van der Waals surface area contributed by atoms with Crippen molar-refractivity contribution in [3.63, 3.8) is 0 Å². The van der Waals surface area contributed by atoms with Crippen LogP contribution in [0.2, 0.25) is 5.02 Å². The third-order valence-electron chi connectivity index (χ3n) is 6.99. The van der Waals surface area contributed by atoms with E-state index in [2.05, 4.69) is 22.2 Å². The summed E-state index contributed by atoms with van der Waals surface area (Å²) in [5, 5.41) is 6.27. The smallest absolute Gasteiger partial charge is 0.321 e. The van der Waals surface area contributed by atoms with Gasteiger partial charge in [0.15, 0.2) is 18.1 Å². The monoisotopic (exact) mass is 447 g/mol. The molecule has 0 saturated carbocycles. The number of hydrazone groups is 1. The van der Waals surface area contributed by atoms with Crippen LogP contribution in [-0.2, 0) is 0 Å². The molecule has 3 saturated heterocycles. The highest BCUT2D eigenvalue weighted by Crippen LogP contribution is 2.50. The molecule has 31 heavy (non-hydrogen) atoms. The first-order valence-corrected chi connectivity index (χ1v) is 10.9. The van der Waals surface area contributed by atoms with Gasteiger partial charge in [0.2, 0.25) is 0 Å². The summed E-state index contributed by atoms with van der Waals surface area (Å²) in [6.45, 7) is 6.03. The number of carbonyl (C=O) groups is 2. The van der Waals surface area contributed by atoms with Gasteiger partial charge in [-0.25, -0.2) is 9.18 Å². The number of quaternary nitrogens is 1. The van der Waals surface area contributed by atoms with E-state index >= 15 is 0 Å². The molecule has 3 N–H and O–H groups in total. The van der Waals surface area contributed by atoms with Crippen molar-refractivity contribution in [1.82, 2.24) is 15.1 Å². The molecule has 3 fully saturated rings. The van der Waals surface area contributed by atoms with Crippen molar-refractivity contribution in [3.05, 3.63) is 45.9 Å². The number of rotatable bonds is 2. The van der Waals surface area contributed by atoms with E-state index in [0.29, 0.717) is 23.6 Å². The maximum absolute atomic E-state index is 13.4. The van der Waals surface area contributed by atoms with Gasteiger partial charge in [-0.05, 0) is 44.5 Å². The van der Waals surface area contributed by atoms with E-state index in [1.54, 1.807) is 0 Å². The highest BCUT2D eigenvalue weighted by atomic mass is 35.5. The average Bonchev–Trinajstić information content (AvgIpc) is 3.09. The van der Waals surface area contributed by atoms with Crippen LogP contribution in [0.3, 0.4) is 0 Å². The Kier molecular flexibility index (Phi) is 4.80. The van der Waals surface area contributed by atoms with Gasteiger partial charge in [-0.15, -0.1) is 0 Å². The lowest BCUT2D eigenvalue weighted by Crippen LogP contribution is -2.61. The van der Waals surface area contributed by atoms with Gasteiger partial charge in [0, 0.05) is 30.7 Å². The number of benzene rings is 1. The van der Waals surface area contributed by atoms with Gasteiger partial charge in [-0.3, -0.25) is 14.6 Å². The highest BCUT2D eigenvalue weighted by Gasteiger charge is 2.70. The molecule has 3 amide bonds. The third-order valence-corrected chi connectivity index (χ3v) is 7.28. The highest BCUT2D eigenvalue weighted by molar-refractivity contribution is 6.31. The second-order valence-corrected chi connectivity index (χ2v) is 9.25. The summed E-state index contributed by atoms with van der Waals surface area (Å²) in [5.74, 6) is 4.70. The molecule has 8 nitrogen and oxygen atoms in total. The number of urea groups is 1. The van der Waals surface area contributed by atoms with Crippen LogP contribution in [0.15, 0.2) is 34.6 Å². The molecule has 1 aromatic carbocycles. The lowest BCUT2D eigenvalue weighted by Gasteiger charge is -2.42. The molecule has 3 atom stereocenters. The van der Waals surface area contributed by atoms with Crippen molar-refractivity contribution in [2.45, 2.75) is 31.8 Å². The van der Waals surface area contributed by atoms with E-state index in [1.165, 1.54) is 18.6 Å². The lowest BCUT2D eigenvalue weighted by atomic mass is 10.1. The van der Waals surface area contributed by atoms with E-state index < -0.39 is 11.7 Å². The molecule has 4 heterocycles. The maximum atomic E-state index is 13.4. The van der Waals surface area contributed by atoms with Crippen LogP contribution in [0.25, 0.3) is 0 Å². The van der Waals surface area contributed by atoms with Crippen molar-refractivity contribution in [2.24, 2.45) is 10.9 Å². The molecule has 3 unspecified atom stereocenters. The Morgan fingerprint density at radius 1 is 1.32 bits per heavy atom. The minimum absolute atomic E-state index is 0.130. The zero-order chi connectivity index (χ0) is 21.9. The number of amidine groups is 1. The van der Waals surface area contributed by atoms with Crippen LogP contribution in [0.4, 0.5) is 9.18 Å². The minimum Gasteiger partial charge on any atom is -0.321 e. The summed E-state index contributed by atoms with van der Waals surface area (Å²) in [4.78, 5) is 30.4. The predicted octanol–water partition coefficient (Wildman–Crippen LogP) is 1.87. The number of hydrogen-bond donors (Lipinski definition) is 2. The van der Waals surface area contributed by atoms with E-state index in [4.69, 9.17) is 17.4 Å². The number of piperazine rings is 1. The number of halogens is 2. The van der Waals surface area contributed by atoms with Gasteiger partial charge in [0.05, 0.1) is 5.02 Å². The van der Waals surface area contributed by atoms with Crippen LogP contribution in [0.5, 0.6) is 0 Å². The summed E-state index contributed by atoms with van der Waals surface area (Å²) in [6, 6.07) is 4.51. The molecule has 164 valence electrons. The molecule has 4 aliphatic heterocycles. The van der Waals surface area contributed by atoms with Gasteiger partial charge in [0.1, 0.15) is 17.9 Å². The largest absolute Gasteiger partial charge is 0.425 e. The van der Waals surface area contributed by atoms with Crippen LogP contribution in [0, 0.1) is 5.82 Å². The number of nitrogens with one attached hydrogen (secondary N) is 1. The van der Waals surface area contributed by atoms with Crippen molar-refractivity contribution < 1.29 is 18.5 Å². The van der Waals surface area contributed by atoms with Crippen LogP contribution in [0.1, 0.15) is 30.1 Å². The molecule has 10 heteroatoms. The quantitative estimate of drug-likeness (QED) is 0.181. The molecule has 0 aromatic heterocycles. The molecule has 0 bridgehead atoms. The molecule has 0 spiro atoms. The summed E-state index contributed by atoms with van der Waals surface area (Å²) in [6.07, 6.45) is 2.35. The number of hydrogen-bond acceptors (Lipinski definition) is 5. The van der Waals surface area contributed by atoms with E-state index in [0.717, 1.165) is 43.4 Å². The SMILES string of the molecule is CC1CN2CCCC2CN1C(=O)[N+]12CC(/C(=N\N)NC(=O)c3ccc(F)c(Cl)c3)=C1C2. The third kappa shape index (κ3) is 3.22. The van der Waals surface area contributed by atoms with Crippen LogP contribution < -0.4 is 11.2 Å². The number of nitrogens with two attached hydrogens (primary N) is 1. The van der Waals surface area contributed by atoms with Gasteiger partial charge in [0.25, 0.3) is 5.91 Å². The summed E-state index contributed by atoms with van der Waals surface area (Å²) in [7, 11) is 0. The van der Waals surface area contributed by atoms with Gasteiger partial charge in [-0.2, -0.15) is 9.58 Å². The molecular weight excluding hydrogens is 423 g/mol.